The van der Waals surface area contributed by atoms with Crippen molar-refractivity contribution in [2.45, 2.75) is 25.7 Å². The SMILES string of the molecule is O=C1CCc2cc(/C=C/C(=O)N3CCC(=Cc4cscn4)CC3)cnc2N1. The maximum atomic E-state index is 12.5. The highest BCUT2D eigenvalue weighted by atomic mass is 32.1. The van der Waals surface area contributed by atoms with Crippen LogP contribution in [0.5, 0.6) is 0 Å². The molecule has 2 aliphatic rings. The minimum absolute atomic E-state index is 0.00164. The van der Waals surface area contributed by atoms with Crippen LogP contribution in [0, 0.1) is 0 Å². The molecule has 4 rings (SSSR count). The Labute approximate surface area is 161 Å². The van der Waals surface area contributed by atoms with Gasteiger partial charge in [-0.3, -0.25) is 9.59 Å². The van der Waals surface area contributed by atoms with Gasteiger partial charge in [-0.1, -0.05) is 5.57 Å². The Balaban J connectivity index is 1.35. The first-order chi connectivity index (χ1) is 13.2. The third kappa shape index (κ3) is 4.31. The molecule has 0 aromatic carbocycles. The molecule has 0 bridgehead atoms. The fraction of sp³-hybridized carbons (Fsp3) is 0.300. The third-order valence-electron chi connectivity index (χ3n) is 4.81. The number of aryl methyl sites for hydroxylation is 1. The average molecular weight is 380 g/mol. The van der Waals surface area contributed by atoms with E-state index in [1.807, 2.05) is 21.9 Å². The van der Waals surface area contributed by atoms with Crippen molar-refractivity contribution >= 4 is 41.1 Å². The molecule has 2 aromatic rings. The van der Waals surface area contributed by atoms with Gasteiger partial charge in [-0.25, -0.2) is 9.97 Å². The second-order valence-corrected chi connectivity index (χ2v) is 7.42. The lowest BCUT2D eigenvalue weighted by Gasteiger charge is -2.27. The van der Waals surface area contributed by atoms with Crippen LogP contribution in [-0.2, 0) is 16.0 Å². The number of likely N-dealkylation sites (tertiary alicyclic amines) is 1. The van der Waals surface area contributed by atoms with Crippen molar-refractivity contribution in [3.63, 3.8) is 0 Å². The number of nitrogens with one attached hydrogen (secondary N) is 1. The van der Waals surface area contributed by atoms with Crippen LogP contribution in [0.3, 0.4) is 0 Å². The molecule has 6 nitrogen and oxygen atoms in total. The van der Waals surface area contributed by atoms with Gasteiger partial charge >= 0.3 is 0 Å². The van der Waals surface area contributed by atoms with Gasteiger partial charge in [-0.05, 0) is 48.6 Å². The molecule has 27 heavy (non-hydrogen) atoms. The second kappa shape index (κ2) is 7.84. The quantitative estimate of drug-likeness (QED) is 0.830. The molecule has 4 heterocycles. The maximum absolute atomic E-state index is 12.5. The van der Waals surface area contributed by atoms with Crippen LogP contribution < -0.4 is 5.32 Å². The number of piperidine rings is 1. The molecule has 0 unspecified atom stereocenters. The number of carbonyl (C=O) groups excluding carboxylic acids is 2. The van der Waals surface area contributed by atoms with Gasteiger partial charge in [0.25, 0.3) is 0 Å². The van der Waals surface area contributed by atoms with E-state index in [0.29, 0.717) is 18.7 Å². The number of hydrogen-bond donors (Lipinski definition) is 1. The molecular formula is C20H20N4O2S. The van der Waals surface area contributed by atoms with E-state index in [1.54, 1.807) is 29.7 Å². The molecule has 0 radical (unpaired) electrons. The summed E-state index contributed by atoms with van der Waals surface area (Å²) in [6.45, 7) is 1.46. The summed E-state index contributed by atoms with van der Waals surface area (Å²) in [7, 11) is 0. The summed E-state index contributed by atoms with van der Waals surface area (Å²) in [4.78, 5) is 34.3. The fourth-order valence-electron chi connectivity index (χ4n) is 3.30. The molecule has 0 atom stereocenters. The predicted molar refractivity (Wildman–Crippen MR) is 106 cm³/mol. The number of hydrogen-bond acceptors (Lipinski definition) is 5. The van der Waals surface area contributed by atoms with Gasteiger partial charge in [-0.15, -0.1) is 11.3 Å². The molecule has 0 saturated carbocycles. The van der Waals surface area contributed by atoms with Crippen molar-refractivity contribution in [1.82, 2.24) is 14.9 Å². The summed E-state index contributed by atoms with van der Waals surface area (Å²) in [5.74, 6) is 0.653. The fourth-order valence-corrected chi connectivity index (χ4v) is 3.81. The summed E-state index contributed by atoms with van der Waals surface area (Å²) in [5.41, 5.74) is 6.07. The standard InChI is InChI=1S/C20H20N4O2S/c25-18-3-2-16-9-15(11-21-20(16)23-18)1-4-19(26)24-7-5-14(6-8-24)10-17-12-27-13-22-17/h1,4,9-13H,2-3,5-8H2,(H,21,23,25)/b4-1+. The Kier molecular flexibility index (Phi) is 5.11. The lowest BCUT2D eigenvalue weighted by atomic mass is 10.0. The number of thiazole rings is 1. The van der Waals surface area contributed by atoms with E-state index >= 15 is 0 Å². The summed E-state index contributed by atoms with van der Waals surface area (Å²) in [6, 6.07) is 1.98. The van der Waals surface area contributed by atoms with Crippen LogP contribution in [0.4, 0.5) is 5.82 Å². The van der Waals surface area contributed by atoms with Crippen LogP contribution in [0.2, 0.25) is 0 Å². The van der Waals surface area contributed by atoms with E-state index in [0.717, 1.165) is 42.8 Å². The van der Waals surface area contributed by atoms with Crippen molar-refractivity contribution in [2.24, 2.45) is 0 Å². The van der Waals surface area contributed by atoms with E-state index in [-0.39, 0.29) is 11.8 Å². The highest BCUT2D eigenvalue weighted by Crippen LogP contribution is 2.22. The monoisotopic (exact) mass is 380 g/mol. The minimum atomic E-state index is 0.00164. The third-order valence-corrected chi connectivity index (χ3v) is 5.41. The summed E-state index contributed by atoms with van der Waals surface area (Å²) >= 11 is 1.59. The molecule has 2 aromatic heterocycles. The largest absolute Gasteiger partial charge is 0.339 e. The highest BCUT2D eigenvalue weighted by Gasteiger charge is 2.18. The number of nitrogens with zero attached hydrogens (tertiary/aromatic N) is 3. The first-order valence-corrected chi connectivity index (χ1v) is 9.95. The van der Waals surface area contributed by atoms with Gasteiger partial charge in [0, 0.05) is 37.2 Å². The van der Waals surface area contributed by atoms with Crippen LogP contribution in [-0.4, -0.2) is 39.8 Å². The van der Waals surface area contributed by atoms with Gasteiger partial charge in [-0.2, -0.15) is 0 Å². The molecule has 2 amide bonds. The zero-order valence-electron chi connectivity index (χ0n) is 14.9. The Bertz CT molecular complexity index is 908. The molecule has 1 saturated heterocycles. The molecule has 0 aliphatic carbocycles. The second-order valence-electron chi connectivity index (χ2n) is 6.70. The lowest BCUT2D eigenvalue weighted by molar-refractivity contribution is -0.126. The lowest BCUT2D eigenvalue weighted by Crippen LogP contribution is -2.35. The van der Waals surface area contributed by atoms with Crippen molar-refractivity contribution < 1.29 is 9.59 Å². The predicted octanol–water partition coefficient (Wildman–Crippen LogP) is 3.14. The molecule has 1 N–H and O–H groups in total. The van der Waals surface area contributed by atoms with E-state index in [4.69, 9.17) is 0 Å². The summed E-state index contributed by atoms with van der Waals surface area (Å²) in [6.07, 6.45) is 10.2. The van der Waals surface area contributed by atoms with E-state index in [2.05, 4.69) is 21.4 Å². The van der Waals surface area contributed by atoms with Crippen molar-refractivity contribution in [3.8, 4) is 0 Å². The first kappa shape index (κ1) is 17.6. The van der Waals surface area contributed by atoms with Gasteiger partial charge in [0.2, 0.25) is 11.8 Å². The van der Waals surface area contributed by atoms with Gasteiger partial charge in [0.05, 0.1) is 11.2 Å². The number of aromatic nitrogens is 2. The van der Waals surface area contributed by atoms with Crippen LogP contribution in [0.15, 0.2) is 34.8 Å². The number of anilines is 1. The number of amides is 2. The van der Waals surface area contributed by atoms with Gasteiger partial charge in [0.15, 0.2) is 0 Å². The number of carbonyl (C=O) groups is 2. The minimum Gasteiger partial charge on any atom is -0.339 e. The molecule has 0 spiro atoms. The Morgan fingerprint density at radius 2 is 2.04 bits per heavy atom. The zero-order valence-corrected chi connectivity index (χ0v) is 15.7. The summed E-state index contributed by atoms with van der Waals surface area (Å²) in [5, 5.41) is 4.80. The van der Waals surface area contributed by atoms with Crippen LogP contribution >= 0.6 is 11.3 Å². The highest BCUT2D eigenvalue weighted by molar-refractivity contribution is 7.07. The van der Waals surface area contributed by atoms with Gasteiger partial charge < -0.3 is 10.2 Å². The maximum Gasteiger partial charge on any atom is 0.246 e. The Hall–Kier alpha value is -2.80. The molecule has 2 aliphatic heterocycles. The van der Waals surface area contributed by atoms with Crippen LogP contribution in [0.25, 0.3) is 12.2 Å². The van der Waals surface area contributed by atoms with Crippen molar-refractivity contribution in [1.29, 1.82) is 0 Å². The zero-order chi connectivity index (χ0) is 18.6. The molecule has 7 heteroatoms. The molecule has 138 valence electrons. The number of pyridine rings is 1. The Morgan fingerprint density at radius 3 is 2.81 bits per heavy atom. The number of fused-ring (bicyclic) bond motifs is 1. The van der Waals surface area contributed by atoms with Crippen molar-refractivity contribution in [2.75, 3.05) is 18.4 Å². The Morgan fingerprint density at radius 1 is 1.19 bits per heavy atom. The normalized spacial score (nSPS) is 17.0. The van der Waals surface area contributed by atoms with E-state index in [1.165, 1.54) is 5.57 Å². The van der Waals surface area contributed by atoms with E-state index < -0.39 is 0 Å². The van der Waals surface area contributed by atoms with Gasteiger partial charge in [0.1, 0.15) is 5.82 Å². The summed E-state index contributed by atoms with van der Waals surface area (Å²) < 4.78 is 0. The molecular weight excluding hydrogens is 360 g/mol. The van der Waals surface area contributed by atoms with Crippen molar-refractivity contribution in [3.05, 3.63) is 51.6 Å². The smallest absolute Gasteiger partial charge is 0.246 e. The van der Waals surface area contributed by atoms with Crippen LogP contribution in [0.1, 0.15) is 36.1 Å². The first-order valence-electron chi connectivity index (χ1n) is 9.01. The topological polar surface area (TPSA) is 75.2 Å². The van der Waals surface area contributed by atoms with E-state index in [9.17, 15) is 9.59 Å². The average Bonchev–Trinajstić information content (AvgIpc) is 3.19. The number of rotatable bonds is 3. The molecule has 1 fully saturated rings.